The first-order valence-electron chi connectivity index (χ1n) is 7.77. The molecule has 0 saturated heterocycles. The van der Waals surface area contributed by atoms with E-state index in [9.17, 15) is 9.59 Å². The molecule has 0 N–H and O–H groups in total. The number of para-hydroxylation sites is 1. The number of thiazole rings is 1. The zero-order valence-electron chi connectivity index (χ0n) is 13.7. The summed E-state index contributed by atoms with van der Waals surface area (Å²) in [6.07, 6.45) is 0. The molecule has 5 nitrogen and oxygen atoms in total. The fourth-order valence-corrected chi connectivity index (χ4v) is 3.86. The molecule has 0 bridgehead atoms. The third-order valence-corrected chi connectivity index (χ3v) is 5.22. The van der Waals surface area contributed by atoms with Gasteiger partial charge in [0.2, 0.25) is 0 Å². The Bertz CT molecular complexity index is 941. The van der Waals surface area contributed by atoms with Crippen molar-refractivity contribution in [3.63, 3.8) is 0 Å². The first kappa shape index (κ1) is 18.6. The standard InChI is InChI=1S/C18H14Cl2N2O3S/c1-2-22(18-21-14-5-3-4-6-15(14)26-18)16(23)10-25-17(24)12-8-7-11(19)9-13(12)20/h3-9H,2,10H2,1H3. The number of amides is 1. The number of carbonyl (C=O) groups excluding carboxylic acids is 2. The van der Waals surface area contributed by atoms with Crippen LogP contribution in [0.1, 0.15) is 17.3 Å². The highest BCUT2D eigenvalue weighted by Crippen LogP contribution is 2.28. The van der Waals surface area contributed by atoms with Gasteiger partial charge in [0.05, 0.1) is 20.8 Å². The predicted molar refractivity (Wildman–Crippen MR) is 104 cm³/mol. The molecule has 0 radical (unpaired) electrons. The molecule has 2 aromatic carbocycles. The molecule has 134 valence electrons. The van der Waals surface area contributed by atoms with Crippen LogP contribution in [0.5, 0.6) is 0 Å². The number of nitrogens with zero attached hydrogens (tertiary/aromatic N) is 2. The first-order valence-corrected chi connectivity index (χ1v) is 9.35. The number of halogens is 2. The SMILES string of the molecule is CCN(C(=O)COC(=O)c1ccc(Cl)cc1Cl)c1nc2ccccc2s1. The summed E-state index contributed by atoms with van der Waals surface area (Å²) in [4.78, 5) is 30.6. The van der Waals surface area contributed by atoms with Crippen molar-refractivity contribution in [3.05, 3.63) is 58.1 Å². The van der Waals surface area contributed by atoms with E-state index in [2.05, 4.69) is 4.98 Å². The van der Waals surface area contributed by atoms with Gasteiger partial charge in [0.25, 0.3) is 5.91 Å². The normalized spacial score (nSPS) is 10.7. The van der Waals surface area contributed by atoms with Gasteiger partial charge in [0.15, 0.2) is 11.7 Å². The van der Waals surface area contributed by atoms with Gasteiger partial charge in [-0.2, -0.15) is 0 Å². The van der Waals surface area contributed by atoms with Gasteiger partial charge in [-0.3, -0.25) is 9.69 Å². The molecule has 0 aliphatic heterocycles. The number of likely N-dealkylation sites (N-methyl/N-ethyl adjacent to an activating group) is 1. The predicted octanol–water partition coefficient (Wildman–Crippen LogP) is 4.81. The van der Waals surface area contributed by atoms with E-state index in [0.717, 1.165) is 10.2 Å². The van der Waals surface area contributed by atoms with Crippen molar-refractivity contribution in [2.24, 2.45) is 0 Å². The van der Waals surface area contributed by atoms with Crippen LogP contribution in [0.15, 0.2) is 42.5 Å². The van der Waals surface area contributed by atoms with Crippen LogP contribution >= 0.6 is 34.5 Å². The number of hydrogen-bond acceptors (Lipinski definition) is 5. The van der Waals surface area contributed by atoms with Crippen molar-refractivity contribution < 1.29 is 14.3 Å². The molecule has 0 aliphatic rings. The van der Waals surface area contributed by atoms with E-state index in [4.69, 9.17) is 27.9 Å². The molecule has 0 saturated carbocycles. The maximum Gasteiger partial charge on any atom is 0.340 e. The lowest BCUT2D eigenvalue weighted by molar-refractivity contribution is -0.121. The maximum absolute atomic E-state index is 12.5. The Morgan fingerprint density at radius 3 is 2.65 bits per heavy atom. The molecule has 1 amide bonds. The van der Waals surface area contributed by atoms with Crippen LogP contribution in [0.25, 0.3) is 10.2 Å². The van der Waals surface area contributed by atoms with E-state index >= 15 is 0 Å². The number of benzene rings is 2. The van der Waals surface area contributed by atoms with Crippen LogP contribution in [-0.2, 0) is 9.53 Å². The van der Waals surface area contributed by atoms with Gasteiger partial charge in [0, 0.05) is 11.6 Å². The minimum atomic E-state index is -0.680. The highest BCUT2D eigenvalue weighted by atomic mass is 35.5. The largest absolute Gasteiger partial charge is 0.452 e. The summed E-state index contributed by atoms with van der Waals surface area (Å²) < 4.78 is 6.09. The molecule has 0 aliphatic carbocycles. The van der Waals surface area contributed by atoms with Gasteiger partial charge >= 0.3 is 5.97 Å². The molecule has 3 aromatic rings. The number of ether oxygens (including phenoxy) is 1. The Morgan fingerprint density at radius 2 is 1.96 bits per heavy atom. The summed E-state index contributed by atoms with van der Waals surface area (Å²) in [6.45, 7) is 1.85. The molecule has 26 heavy (non-hydrogen) atoms. The summed E-state index contributed by atoms with van der Waals surface area (Å²) in [5, 5.41) is 1.16. The fraction of sp³-hybridized carbons (Fsp3) is 0.167. The number of rotatable bonds is 5. The van der Waals surface area contributed by atoms with Crippen molar-refractivity contribution in [3.8, 4) is 0 Å². The smallest absolute Gasteiger partial charge is 0.340 e. The average Bonchev–Trinajstić information content (AvgIpc) is 3.04. The molecule has 0 unspecified atom stereocenters. The van der Waals surface area contributed by atoms with E-state index in [-0.39, 0.29) is 16.5 Å². The van der Waals surface area contributed by atoms with E-state index in [1.54, 1.807) is 0 Å². The van der Waals surface area contributed by atoms with E-state index in [1.165, 1.54) is 34.4 Å². The van der Waals surface area contributed by atoms with Crippen LogP contribution in [-0.4, -0.2) is 30.0 Å². The van der Waals surface area contributed by atoms with Gasteiger partial charge in [-0.25, -0.2) is 9.78 Å². The Kier molecular flexibility index (Phi) is 5.76. The van der Waals surface area contributed by atoms with Crippen molar-refractivity contribution >= 4 is 61.8 Å². The quantitative estimate of drug-likeness (QED) is 0.568. The number of anilines is 1. The van der Waals surface area contributed by atoms with Gasteiger partial charge in [-0.1, -0.05) is 46.7 Å². The molecule has 1 aromatic heterocycles. The summed E-state index contributed by atoms with van der Waals surface area (Å²) in [7, 11) is 0. The zero-order valence-corrected chi connectivity index (χ0v) is 16.1. The minimum absolute atomic E-state index is 0.159. The first-order chi connectivity index (χ1) is 12.5. The average molecular weight is 409 g/mol. The van der Waals surface area contributed by atoms with Crippen molar-refractivity contribution in [1.82, 2.24) is 4.98 Å². The topological polar surface area (TPSA) is 59.5 Å². The summed E-state index contributed by atoms with van der Waals surface area (Å²) in [5.41, 5.74) is 0.982. The minimum Gasteiger partial charge on any atom is -0.452 e. The number of aromatic nitrogens is 1. The highest BCUT2D eigenvalue weighted by molar-refractivity contribution is 7.22. The van der Waals surface area contributed by atoms with E-state index in [0.29, 0.717) is 16.7 Å². The third-order valence-electron chi connectivity index (χ3n) is 3.61. The Morgan fingerprint density at radius 1 is 1.19 bits per heavy atom. The molecule has 8 heteroatoms. The lowest BCUT2D eigenvalue weighted by Gasteiger charge is -2.17. The van der Waals surface area contributed by atoms with Gasteiger partial charge in [0.1, 0.15) is 0 Å². The number of esters is 1. The summed E-state index contributed by atoms with van der Waals surface area (Å²) in [5.74, 6) is -1.04. The summed E-state index contributed by atoms with van der Waals surface area (Å²) in [6, 6.07) is 12.1. The van der Waals surface area contributed by atoms with Crippen molar-refractivity contribution in [2.45, 2.75) is 6.92 Å². The number of hydrogen-bond donors (Lipinski definition) is 0. The van der Waals surface area contributed by atoms with Crippen LogP contribution in [0, 0.1) is 0 Å². The Labute approximate surface area is 164 Å². The highest BCUT2D eigenvalue weighted by Gasteiger charge is 2.20. The van der Waals surface area contributed by atoms with Gasteiger partial charge < -0.3 is 4.74 Å². The molecule has 1 heterocycles. The Balaban J connectivity index is 1.70. The second kappa shape index (κ2) is 8.03. The molecule has 3 rings (SSSR count). The van der Waals surface area contributed by atoms with Crippen LogP contribution in [0.4, 0.5) is 5.13 Å². The van der Waals surface area contributed by atoms with Gasteiger partial charge in [-0.15, -0.1) is 0 Å². The van der Waals surface area contributed by atoms with Crippen LogP contribution < -0.4 is 4.90 Å². The lowest BCUT2D eigenvalue weighted by atomic mass is 10.2. The molecule has 0 spiro atoms. The fourth-order valence-electron chi connectivity index (χ4n) is 2.33. The van der Waals surface area contributed by atoms with Gasteiger partial charge in [-0.05, 0) is 37.3 Å². The van der Waals surface area contributed by atoms with E-state index in [1.807, 2.05) is 31.2 Å². The monoisotopic (exact) mass is 408 g/mol. The van der Waals surface area contributed by atoms with Crippen LogP contribution in [0.2, 0.25) is 10.0 Å². The molecular weight excluding hydrogens is 395 g/mol. The van der Waals surface area contributed by atoms with E-state index < -0.39 is 12.6 Å². The summed E-state index contributed by atoms with van der Waals surface area (Å²) >= 11 is 13.2. The third kappa shape index (κ3) is 3.98. The maximum atomic E-state index is 12.5. The Hall–Kier alpha value is -2.15. The lowest BCUT2D eigenvalue weighted by Crippen LogP contribution is -2.34. The number of fused-ring (bicyclic) bond motifs is 1. The number of carbonyl (C=O) groups is 2. The molecule has 0 fully saturated rings. The van der Waals surface area contributed by atoms with Crippen molar-refractivity contribution in [1.29, 1.82) is 0 Å². The molecule has 0 atom stereocenters. The second-order valence-electron chi connectivity index (χ2n) is 5.30. The molecular formula is C18H14Cl2N2O3S. The van der Waals surface area contributed by atoms with Crippen LogP contribution in [0.3, 0.4) is 0 Å². The second-order valence-corrected chi connectivity index (χ2v) is 7.16. The zero-order chi connectivity index (χ0) is 18.7. The van der Waals surface area contributed by atoms with Crippen molar-refractivity contribution in [2.75, 3.05) is 18.1 Å².